The number of fused-ring (bicyclic) bond motifs is 2. The smallest absolute Gasteiger partial charge is 0.0594 e. The summed E-state index contributed by atoms with van der Waals surface area (Å²) in [6.07, 6.45) is 2.46. The molecule has 0 saturated carbocycles. The van der Waals surface area contributed by atoms with Gasteiger partial charge in [0.25, 0.3) is 0 Å². The molecular weight excluding hydrogens is 352 g/mol. The third-order valence-electron chi connectivity index (χ3n) is 4.99. The van der Waals surface area contributed by atoms with Crippen molar-refractivity contribution in [2.45, 2.75) is 43.4 Å². The van der Waals surface area contributed by atoms with Gasteiger partial charge in [-0.25, -0.2) is 0 Å². The molecule has 0 N–H and O–H groups in total. The molecule has 3 nitrogen and oxygen atoms in total. The van der Waals surface area contributed by atoms with Crippen molar-refractivity contribution in [3.8, 4) is 0 Å². The quantitative estimate of drug-likeness (QED) is 0.611. The molecule has 0 spiro atoms. The van der Waals surface area contributed by atoms with Crippen molar-refractivity contribution in [1.29, 1.82) is 0 Å². The molecule has 0 unspecified atom stereocenters. The van der Waals surface area contributed by atoms with Crippen LogP contribution >= 0.6 is 11.8 Å². The van der Waals surface area contributed by atoms with Gasteiger partial charge in [0.15, 0.2) is 0 Å². The van der Waals surface area contributed by atoms with E-state index >= 15 is 0 Å². The molecule has 0 atom stereocenters. The SMILES string of the molecule is CC.Cc1ccc2c(c1)N(CCCCN1CCOCC1)c1ccccc1S2. The number of para-hydroxylation sites is 1. The minimum atomic E-state index is 0.892. The molecular formula is C23H32N2OS. The molecule has 4 rings (SSSR count). The average Bonchev–Trinajstić information content (AvgIpc) is 2.73. The standard InChI is InChI=1S/C21H26N2OS.C2H6/c1-17-8-9-21-19(16-17)23(18-6-2-3-7-20(18)25-21)11-5-4-10-22-12-14-24-15-13-22;1-2/h2-3,6-9,16H,4-5,10-15H2,1H3;1-2H3. The highest BCUT2D eigenvalue weighted by molar-refractivity contribution is 7.99. The topological polar surface area (TPSA) is 15.7 Å². The Hall–Kier alpha value is -1.49. The van der Waals surface area contributed by atoms with E-state index < -0.39 is 0 Å². The van der Waals surface area contributed by atoms with Gasteiger partial charge in [-0.05, 0) is 56.1 Å². The highest BCUT2D eigenvalue weighted by Gasteiger charge is 2.22. The first-order valence-corrected chi connectivity index (χ1v) is 11.1. The fraction of sp³-hybridized carbons (Fsp3) is 0.478. The number of unbranched alkanes of at least 4 members (excludes halogenated alkanes) is 1. The first kappa shape index (κ1) is 20.2. The van der Waals surface area contributed by atoms with E-state index in [1.807, 2.05) is 25.6 Å². The number of hydrogen-bond donors (Lipinski definition) is 0. The van der Waals surface area contributed by atoms with E-state index in [1.165, 1.54) is 46.1 Å². The highest BCUT2D eigenvalue weighted by Crippen LogP contribution is 2.48. The lowest BCUT2D eigenvalue weighted by molar-refractivity contribution is 0.0373. The lowest BCUT2D eigenvalue weighted by Gasteiger charge is -2.33. The van der Waals surface area contributed by atoms with Crippen molar-refractivity contribution >= 4 is 23.1 Å². The maximum atomic E-state index is 5.44. The van der Waals surface area contributed by atoms with Crippen LogP contribution in [0.25, 0.3) is 0 Å². The maximum Gasteiger partial charge on any atom is 0.0594 e. The van der Waals surface area contributed by atoms with Crippen LogP contribution in [0.1, 0.15) is 32.3 Å². The zero-order chi connectivity index (χ0) is 19.1. The van der Waals surface area contributed by atoms with Gasteiger partial charge in [0.2, 0.25) is 0 Å². The molecule has 146 valence electrons. The predicted molar refractivity (Wildman–Crippen MR) is 117 cm³/mol. The monoisotopic (exact) mass is 384 g/mol. The summed E-state index contributed by atoms with van der Waals surface area (Å²) in [4.78, 5) is 7.79. The number of nitrogens with zero attached hydrogens (tertiary/aromatic N) is 2. The molecule has 0 aromatic heterocycles. The van der Waals surface area contributed by atoms with Crippen LogP contribution in [0.4, 0.5) is 11.4 Å². The molecule has 0 bridgehead atoms. The number of rotatable bonds is 5. The highest BCUT2D eigenvalue weighted by atomic mass is 32.2. The molecule has 2 heterocycles. The van der Waals surface area contributed by atoms with Gasteiger partial charge in [0.1, 0.15) is 0 Å². The van der Waals surface area contributed by atoms with Crippen molar-refractivity contribution < 1.29 is 4.74 Å². The lowest BCUT2D eigenvalue weighted by atomic mass is 10.1. The summed E-state index contributed by atoms with van der Waals surface area (Å²) in [5, 5.41) is 0. The molecule has 0 aliphatic carbocycles. The summed E-state index contributed by atoms with van der Waals surface area (Å²) < 4.78 is 5.44. The Morgan fingerprint density at radius 3 is 2.41 bits per heavy atom. The van der Waals surface area contributed by atoms with E-state index in [9.17, 15) is 0 Å². The Balaban J connectivity index is 0.00000102. The Kier molecular flexibility index (Phi) is 7.62. The number of hydrogen-bond acceptors (Lipinski definition) is 4. The molecule has 2 aliphatic heterocycles. The van der Waals surface area contributed by atoms with Gasteiger partial charge in [-0.3, -0.25) is 4.90 Å². The van der Waals surface area contributed by atoms with Crippen LogP contribution < -0.4 is 4.90 Å². The summed E-state index contributed by atoms with van der Waals surface area (Å²) in [6, 6.07) is 15.6. The summed E-state index contributed by atoms with van der Waals surface area (Å²) in [5.74, 6) is 0. The average molecular weight is 385 g/mol. The Morgan fingerprint density at radius 1 is 0.889 bits per heavy atom. The largest absolute Gasteiger partial charge is 0.379 e. The van der Waals surface area contributed by atoms with Crippen LogP contribution in [0.15, 0.2) is 52.3 Å². The van der Waals surface area contributed by atoms with Crippen molar-refractivity contribution in [2.24, 2.45) is 0 Å². The Morgan fingerprint density at radius 2 is 1.59 bits per heavy atom. The molecule has 27 heavy (non-hydrogen) atoms. The second-order valence-corrected chi connectivity index (χ2v) is 7.94. The minimum Gasteiger partial charge on any atom is -0.379 e. The molecule has 1 fully saturated rings. The molecule has 0 amide bonds. The van der Waals surface area contributed by atoms with Crippen LogP contribution in [0.5, 0.6) is 0 Å². The van der Waals surface area contributed by atoms with E-state index in [0.717, 1.165) is 32.8 Å². The van der Waals surface area contributed by atoms with Crippen LogP contribution in [-0.4, -0.2) is 44.3 Å². The minimum absolute atomic E-state index is 0.892. The van der Waals surface area contributed by atoms with Gasteiger partial charge in [-0.1, -0.05) is 43.8 Å². The van der Waals surface area contributed by atoms with Crippen LogP contribution in [0.2, 0.25) is 0 Å². The maximum absolute atomic E-state index is 5.44. The molecule has 2 aliphatic rings. The van der Waals surface area contributed by atoms with Crippen molar-refractivity contribution in [1.82, 2.24) is 4.90 Å². The number of ether oxygens (including phenoxy) is 1. The first-order valence-electron chi connectivity index (χ1n) is 10.3. The van der Waals surface area contributed by atoms with Gasteiger partial charge in [-0.2, -0.15) is 0 Å². The molecule has 2 aromatic carbocycles. The third kappa shape index (κ3) is 5.07. The van der Waals surface area contributed by atoms with Crippen LogP contribution in [0.3, 0.4) is 0 Å². The number of aryl methyl sites for hydroxylation is 1. The van der Waals surface area contributed by atoms with E-state index in [4.69, 9.17) is 4.74 Å². The second-order valence-electron chi connectivity index (χ2n) is 6.85. The lowest BCUT2D eigenvalue weighted by Crippen LogP contribution is -2.37. The van der Waals surface area contributed by atoms with E-state index in [2.05, 4.69) is 59.2 Å². The van der Waals surface area contributed by atoms with Crippen LogP contribution in [0, 0.1) is 6.92 Å². The van der Waals surface area contributed by atoms with Gasteiger partial charge in [0, 0.05) is 29.4 Å². The summed E-state index contributed by atoms with van der Waals surface area (Å²) in [7, 11) is 0. The van der Waals surface area contributed by atoms with E-state index in [1.54, 1.807) is 0 Å². The van der Waals surface area contributed by atoms with Crippen molar-refractivity contribution in [3.63, 3.8) is 0 Å². The number of morpholine rings is 1. The predicted octanol–water partition coefficient (Wildman–Crippen LogP) is 5.74. The fourth-order valence-electron chi connectivity index (χ4n) is 3.61. The van der Waals surface area contributed by atoms with Crippen molar-refractivity contribution in [3.05, 3.63) is 48.0 Å². The van der Waals surface area contributed by atoms with Gasteiger partial charge in [0.05, 0.1) is 24.6 Å². The zero-order valence-corrected chi connectivity index (χ0v) is 17.7. The Labute approximate surface area is 168 Å². The molecule has 2 aromatic rings. The third-order valence-corrected chi connectivity index (χ3v) is 6.12. The second kappa shape index (κ2) is 10.2. The number of anilines is 2. The van der Waals surface area contributed by atoms with Gasteiger partial charge in [-0.15, -0.1) is 0 Å². The van der Waals surface area contributed by atoms with Crippen molar-refractivity contribution in [2.75, 3.05) is 44.3 Å². The first-order chi connectivity index (χ1) is 13.3. The van der Waals surface area contributed by atoms with E-state index in [-0.39, 0.29) is 0 Å². The fourth-order valence-corrected chi connectivity index (χ4v) is 4.69. The summed E-state index contributed by atoms with van der Waals surface area (Å²) >= 11 is 1.89. The normalized spacial score (nSPS) is 16.2. The molecule has 4 heteroatoms. The van der Waals surface area contributed by atoms with Crippen LogP contribution in [-0.2, 0) is 4.74 Å². The Bertz CT molecular complexity index is 728. The molecule has 1 saturated heterocycles. The number of benzene rings is 2. The van der Waals surface area contributed by atoms with Gasteiger partial charge < -0.3 is 9.64 Å². The van der Waals surface area contributed by atoms with Gasteiger partial charge >= 0.3 is 0 Å². The molecule has 0 radical (unpaired) electrons. The summed E-state index contributed by atoms with van der Waals surface area (Å²) in [6.45, 7) is 12.4. The summed E-state index contributed by atoms with van der Waals surface area (Å²) in [5.41, 5.74) is 4.06. The van der Waals surface area contributed by atoms with E-state index in [0.29, 0.717) is 0 Å². The zero-order valence-electron chi connectivity index (χ0n) is 16.9.